The van der Waals surface area contributed by atoms with E-state index >= 15 is 0 Å². The van der Waals surface area contributed by atoms with Crippen LogP contribution >= 0.6 is 0 Å². The van der Waals surface area contributed by atoms with Gasteiger partial charge in [-0.25, -0.2) is 4.39 Å². The third-order valence-corrected chi connectivity index (χ3v) is 5.25. The smallest absolute Gasteiger partial charge is 0.260 e. The molecule has 0 bridgehead atoms. The van der Waals surface area contributed by atoms with Crippen molar-refractivity contribution in [1.82, 2.24) is 10.2 Å². The lowest BCUT2D eigenvalue weighted by molar-refractivity contribution is -0.123. The van der Waals surface area contributed by atoms with E-state index in [2.05, 4.69) is 19.2 Å². The van der Waals surface area contributed by atoms with Crippen LogP contribution in [0, 0.1) is 29.5 Å². The fraction of sp³-hybridized carbons (Fsp3) is 0.600. The third-order valence-electron chi connectivity index (χ3n) is 5.25. The molecular weight excluding hydrogens is 335 g/mol. The minimum Gasteiger partial charge on any atom is -0.496 e. The molecule has 1 aromatic carbocycles. The molecule has 26 heavy (non-hydrogen) atoms. The van der Waals surface area contributed by atoms with Crippen molar-refractivity contribution in [3.63, 3.8) is 0 Å². The molecule has 1 saturated carbocycles. The molecule has 6 heteroatoms. The van der Waals surface area contributed by atoms with E-state index in [0.29, 0.717) is 31.5 Å². The summed E-state index contributed by atoms with van der Waals surface area (Å²) in [5.74, 6) is 0.994. The molecule has 5 nitrogen and oxygen atoms in total. The Labute approximate surface area is 153 Å². The van der Waals surface area contributed by atoms with Gasteiger partial charge in [0.1, 0.15) is 17.1 Å². The van der Waals surface area contributed by atoms with Gasteiger partial charge in [-0.2, -0.15) is 0 Å². The van der Waals surface area contributed by atoms with Gasteiger partial charge in [0, 0.05) is 31.5 Å². The van der Waals surface area contributed by atoms with Crippen LogP contribution < -0.4 is 10.1 Å². The highest BCUT2D eigenvalue weighted by atomic mass is 19.1. The lowest BCUT2D eigenvalue weighted by Gasteiger charge is -2.39. The van der Waals surface area contributed by atoms with Gasteiger partial charge in [-0.3, -0.25) is 9.59 Å². The van der Waals surface area contributed by atoms with E-state index < -0.39 is 5.82 Å². The molecule has 1 aromatic rings. The summed E-state index contributed by atoms with van der Waals surface area (Å²) >= 11 is 0. The zero-order chi connectivity index (χ0) is 18.8. The van der Waals surface area contributed by atoms with Crippen LogP contribution in [0.15, 0.2) is 18.2 Å². The lowest BCUT2D eigenvalue weighted by Crippen LogP contribution is -2.54. The third kappa shape index (κ3) is 4.00. The normalized spacial score (nSPS) is 22.1. The van der Waals surface area contributed by atoms with Gasteiger partial charge < -0.3 is 15.0 Å². The fourth-order valence-corrected chi connectivity index (χ4v) is 3.72. The number of carbonyl (C=O) groups is 2. The number of hydrogen-bond acceptors (Lipinski definition) is 3. The summed E-state index contributed by atoms with van der Waals surface area (Å²) in [4.78, 5) is 26.2. The number of methoxy groups -OCH3 is 1. The molecule has 2 fully saturated rings. The summed E-state index contributed by atoms with van der Waals surface area (Å²) in [7, 11) is 1.42. The highest BCUT2D eigenvalue weighted by Crippen LogP contribution is 2.43. The largest absolute Gasteiger partial charge is 0.496 e. The minimum absolute atomic E-state index is 0.0213. The molecule has 1 heterocycles. The zero-order valence-electron chi connectivity index (χ0n) is 15.6. The van der Waals surface area contributed by atoms with Crippen molar-refractivity contribution in [2.24, 2.45) is 23.7 Å². The lowest BCUT2D eigenvalue weighted by atomic mass is 9.98. The van der Waals surface area contributed by atoms with Crippen molar-refractivity contribution < 1.29 is 18.7 Å². The van der Waals surface area contributed by atoms with Crippen LogP contribution in [0.2, 0.25) is 0 Å². The van der Waals surface area contributed by atoms with Crippen LogP contribution in [0.3, 0.4) is 0 Å². The molecule has 1 saturated heterocycles. The van der Waals surface area contributed by atoms with Crippen molar-refractivity contribution in [2.75, 3.05) is 26.7 Å². The van der Waals surface area contributed by atoms with Gasteiger partial charge in [0.15, 0.2) is 0 Å². The Balaban J connectivity index is 1.44. The molecule has 3 rings (SSSR count). The Morgan fingerprint density at radius 3 is 2.73 bits per heavy atom. The molecule has 1 aliphatic carbocycles. The maximum absolute atomic E-state index is 14.0. The minimum atomic E-state index is -0.573. The van der Waals surface area contributed by atoms with Crippen molar-refractivity contribution in [2.45, 2.75) is 26.7 Å². The average molecular weight is 362 g/mol. The van der Waals surface area contributed by atoms with Gasteiger partial charge in [-0.1, -0.05) is 19.9 Å². The number of nitrogens with one attached hydrogen (secondary N) is 1. The van der Waals surface area contributed by atoms with Crippen LogP contribution in [0.1, 0.15) is 37.0 Å². The van der Waals surface area contributed by atoms with Gasteiger partial charge in [0.2, 0.25) is 5.91 Å². The highest BCUT2D eigenvalue weighted by molar-refractivity contribution is 5.97. The van der Waals surface area contributed by atoms with Crippen molar-refractivity contribution >= 4 is 11.8 Å². The number of amides is 2. The molecule has 1 N–H and O–H groups in total. The van der Waals surface area contributed by atoms with Gasteiger partial charge in [-0.15, -0.1) is 0 Å². The predicted octanol–water partition coefficient (Wildman–Crippen LogP) is 2.70. The molecule has 1 aliphatic heterocycles. The number of nitrogens with zero attached hydrogens (tertiary/aromatic N) is 1. The molecule has 2 atom stereocenters. The molecule has 2 aliphatic rings. The molecular formula is C20H27FN2O3. The topological polar surface area (TPSA) is 58.6 Å². The number of rotatable bonds is 7. The molecule has 142 valence electrons. The molecule has 0 aromatic heterocycles. The van der Waals surface area contributed by atoms with Crippen LogP contribution in [0.4, 0.5) is 4.39 Å². The number of hydrogen-bond donors (Lipinski definition) is 1. The number of halogens is 1. The zero-order valence-corrected chi connectivity index (χ0v) is 15.6. The van der Waals surface area contributed by atoms with E-state index in [0.717, 1.165) is 12.8 Å². The van der Waals surface area contributed by atoms with E-state index in [-0.39, 0.29) is 35.0 Å². The van der Waals surface area contributed by atoms with Crippen LogP contribution in [0.5, 0.6) is 5.75 Å². The standard InChI is InChI=1S/C20H27FN2O3/c1-12(2)7-14-8-15(14)19(24)22-9-13-10-23(11-13)20(25)18-16(21)5-4-6-17(18)26-3/h4-6,12-15H,7-11H2,1-3H3,(H,22,24)/t14-,15-/m1/s1. The van der Waals surface area contributed by atoms with E-state index in [1.807, 2.05) is 0 Å². The first-order chi connectivity index (χ1) is 12.4. The first-order valence-corrected chi connectivity index (χ1v) is 9.30. The van der Waals surface area contributed by atoms with Gasteiger partial charge in [0.25, 0.3) is 5.91 Å². The second-order valence-electron chi connectivity index (χ2n) is 7.87. The van der Waals surface area contributed by atoms with Crippen molar-refractivity contribution in [1.29, 1.82) is 0 Å². The molecule has 2 amide bonds. The maximum atomic E-state index is 14.0. The summed E-state index contributed by atoms with van der Waals surface area (Å²) in [6.07, 6.45) is 2.10. The Hall–Kier alpha value is -2.11. The molecule has 0 radical (unpaired) electrons. The van der Waals surface area contributed by atoms with E-state index in [1.165, 1.54) is 19.2 Å². The first-order valence-electron chi connectivity index (χ1n) is 9.30. The Bertz CT molecular complexity index is 686. The molecule has 0 unspecified atom stereocenters. The summed E-state index contributed by atoms with van der Waals surface area (Å²) in [5, 5.41) is 3.01. The van der Waals surface area contributed by atoms with E-state index in [4.69, 9.17) is 4.74 Å². The summed E-state index contributed by atoms with van der Waals surface area (Å²) in [6, 6.07) is 4.36. The van der Waals surface area contributed by atoms with Gasteiger partial charge >= 0.3 is 0 Å². The first kappa shape index (κ1) is 18.7. The Morgan fingerprint density at radius 2 is 2.08 bits per heavy atom. The van der Waals surface area contributed by atoms with Crippen LogP contribution in [-0.4, -0.2) is 43.5 Å². The quantitative estimate of drug-likeness (QED) is 0.811. The Kier molecular flexibility index (Phi) is 5.49. The predicted molar refractivity (Wildman–Crippen MR) is 96.4 cm³/mol. The Morgan fingerprint density at radius 1 is 1.35 bits per heavy atom. The number of likely N-dealkylation sites (tertiary alicyclic amines) is 1. The van der Waals surface area contributed by atoms with Crippen molar-refractivity contribution in [3.8, 4) is 5.75 Å². The number of ether oxygens (including phenoxy) is 1. The van der Waals surface area contributed by atoms with Crippen LogP contribution in [-0.2, 0) is 4.79 Å². The van der Waals surface area contributed by atoms with Crippen LogP contribution in [0.25, 0.3) is 0 Å². The molecule has 0 spiro atoms. The average Bonchev–Trinajstić information content (AvgIpc) is 3.30. The maximum Gasteiger partial charge on any atom is 0.260 e. The monoisotopic (exact) mass is 362 g/mol. The van der Waals surface area contributed by atoms with Gasteiger partial charge in [0.05, 0.1) is 7.11 Å². The second kappa shape index (κ2) is 7.64. The summed E-state index contributed by atoms with van der Waals surface area (Å²) in [6.45, 7) is 5.98. The van der Waals surface area contributed by atoms with E-state index in [9.17, 15) is 14.0 Å². The van der Waals surface area contributed by atoms with E-state index in [1.54, 1.807) is 11.0 Å². The highest BCUT2D eigenvalue weighted by Gasteiger charge is 2.43. The SMILES string of the molecule is COc1cccc(F)c1C(=O)N1CC(CNC(=O)[C@@H]2C[C@H]2CC(C)C)C1. The van der Waals surface area contributed by atoms with Crippen molar-refractivity contribution in [3.05, 3.63) is 29.6 Å². The second-order valence-corrected chi connectivity index (χ2v) is 7.87. The fourth-order valence-electron chi connectivity index (χ4n) is 3.72. The summed E-state index contributed by atoms with van der Waals surface area (Å²) in [5.41, 5.74) is -0.0213. The summed E-state index contributed by atoms with van der Waals surface area (Å²) < 4.78 is 19.1. The number of carbonyl (C=O) groups excluding carboxylic acids is 2. The van der Waals surface area contributed by atoms with Gasteiger partial charge in [-0.05, 0) is 36.8 Å². The number of benzene rings is 1.